The van der Waals surface area contributed by atoms with Crippen LogP contribution in [-0.2, 0) is 0 Å². The van der Waals surface area contributed by atoms with E-state index in [2.05, 4.69) is 31.9 Å². The summed E-state index contributed by atoms with van der Waals surface area (Å²) in [4.78, 5) is 22.2. The maximum absolute atomic E-state index is 11.1. The van der Waals surface area contributed by atoms with Gasteiger partial charge in [-0.3, -0.25) is 9.59 Å². The molecule has 90 valence electrons. The average molecular weight is 368 g/mol. The number of halogens is 2. The predicted octanol–water partition coefficient (Wildman–Crippen LogP) is 4.50. The molecule has 2 aromatic rings. The van der Waals surface area contributed by atoms with Gasteiger partial charge in [0.1, 0.15) is 0 Å². The van der Waals surface area contributed by atoms with E-state index < -0.39 is 0 Å². The van der Waals surface area contributed by atoms with Crippen molar-refractivity contribution in [2.75, 3.05) is 0 Å². The van der Waals surface area contributed by atoms with Gasteiger partial charge in [-0.25, -0.2) is 0 Å². The van der Waals surface area contributed by atoms with E-state index in [1.54, 1.807) is 12.1 Å². The maximum atomic E-state index is 11.1. The van der Waals surface area contributed by atoms with Crippen LogP contribution in [0.3, 0.4) is 0 Å². The zero-order valence-electron chi connectivity index (χ0n) is 9.19. The summed E-state index contributed by atoms with van der Waals surface area (Å²) in [6.07, 6.45) is 1.58. The van der Waals surface area contributed by atoms with Crippen LogP contribution in [0.1, 0.15) is 20.7 Å². The molecule has 2 aromatic carbocycles. The standard InChI is InChI=1S/C14H8Br2O2/c15-11-1-3-13(9(5-11)7-17)14-4-2-12(16)6-10(14)8-18/h1-8H. The van der Waals surface area contributed by atoms with Crippen LogP contribution in [0, 0.1) is 0 Å². The van der Waals surface area contributed by atoms with Gasteiger partial charge < -0.3 is 0 Å². The topological polar surface area (TPSA) is 34.1 Å². The van der Waals surface area contributed by atoms with E-state index in [9.17, 15) is 9.59 Å². The van der Waals surface area contributed by atoms with Gasteiger partial charge in [0.05, 0.1) is 0 Å². The Balaban J connectivity index is 2.68. The third-order valence-electron chi connectivity index (χ3n) is 2.57. The van der Waals surface area contributed by atoms with E-state index in [1.807, 2.05) is 24.3 Å². The molecule has 0 aliphatic rings. The Morgan fingerprint density at radius 1 is 0.722 bits per heavy atom. The first-order valence-corrected chi connectivity index (χ1v) is 6.74. The fourth-order valence-electron chi connectivity index (χ4n) is 1.75. The lowest BCUT2D eigenvalue weighted by Gasteiger charge is -2.08. The van der Waals surface area contributed by atoms with E-state index in [4.69, 9.17) is 0 Å². The first-order chi connectivity index (χ1) is 8.65. The molecule has 4 heteroatoms. The van der Waals surface area contributed by atoms with Crippen LogP contribution in [0.15, 0.2) is 45.3 Å². The Morgan fingerprint density at radius 3 is 1.44 bits per heavy atom. The van der Waals surface area contributed by atoms with E-state index in [1.165, 1.54) is 0 Å². The third kappa shape index (κ3) is 2.60. The van der Waals surface area contributed by atoms with Crippen LogP contribution in [0.4, 0.5) is 0 Å². The molecule has 0 radical (unpaired) electrons. The summed E-state index contributed by atoms with van der Waals surface area (Å²) < 4.78 is 1.66. The minimum Gasteiger partial charge on any atom is -0.298 e. The molecule has 0 heterocycles. The van der Waals surface area contributed by atoms with Gasteiger partial charge in [0, 0.05) is 20.1 Å². The fourth-order valence-corrected chi connectivity index (χ4v) is 2.51. The molecule has 0 N–H and O–H groups in total. The van der Waals surface area contributed by atoms with Gasteiger partial charge in [0.2, 0.25) is 0 Å². The van der Waals surface area contributed by atoms with Crippen LogP contribution >= 0.6 is 31.9 Å². The van der Waals surface area contributed by atoms with Crippen LogP contribution in [0.2, 0.25) is 0 Å². The molecule has 0 fully saturated rings. The van der Waals surface area contributed by atoms with Crippen molar-refractivity contribution in [3.63, 3.8) is 0 Å². The smallest absolute Gasteiger partial charge is 0.150 e. The molecule has 0 bridgehead atoms. The van der Waals surface area contributed by atoms with E-state index in [0.717, 1.165) is 32.6 Å². The minimum absolute atomic E-state index is 0.551. The lowest BCUT2D eigenvalue weighted by Crippen LogP contribution is -1.92. The average Bonchev–Trinajstić information content (AvgIpc) is 2.38. The van der Waals surface area contributed by atoms with Crippen molar-refractivity contribution in [1.29, 1.82) is 0 Å². The Bertz CT molecular complexity index is 566. The molecule has 0 aliphatic carbocycles. The largest absolute Gasteiger partial charge is 0.298 e. The number of carbonyl (C=O) groups excluding carboxylic acids is 2. The van der Waals surface area contributed by atoms with Gasteiger partial charge in [-0.15, -0.1) is 0 Å². The van der Waals surface area contributed by atoms with Crippen molar-refractivity contribution in [2.45, 2.75) is 0 Å². The molecule has 18 heavy (non-hydrogen) atoms. The molecule has 0 unspecified atom stereocenters. The van der Waals surface area contributed by atoms with Gasteiger partial charge in [-0.1, -0.05) is 44.0 Å². The Morgan fingerprint density at radius 2 is 1.11 bits per heavy atom. The zero-order chi connectivity index (χ0) is 13.1. The Kier molecular flexibility index (Phi) is 4.09. The number of rotatable bonds is 3. The van der Waals surface area contributed by atoms with E-state index in [-0.39, 0.29) is 0 Å². The SMILES string of the molecule is O=Cc1cc(Br)ccc1-c1ccc(Br)cc1C=O. The molecule has 0 atom stereocenters. The second kappa shape index (κ2) is 5.59. The van der Waals surface area contributed by atoms with Gasteiger partial charge in [0.15, 0.2) is 12.6 Å². The Hall–Kier alpha value is -1.26. The van der Waals surface area contributed by atoms with Gasteiger partial charge in [-0.2, -0.15) is 0 Å². The molecule has 0 spiro atoms. The summed E-state index contributed by atoms with van der Waals surface area (Å²) in [5.41, 5.74) is 2.61. The monoisotopic (exact) mass is 366 g/mol. The summed E-state index contributed by atoms with van der Waals surface area (Å²) in [5.74, 6) is 0. The van der Waals surface area contributed by atoms with Crippen molar-refractivity contribution in [3.05, 3.63) is 56.5 Å². The normalized spacial score (nSPS) is 10.1. The van der Waals surface area contributed by atoms with Gasteiger partial charge in [-0.05, 0) is 35.4 Å². The lowest BCUT2D eigenvalue weighted by atomic mass is 9.96. The van der Waals surface area contributed by atoms with Crippen molar-refractivity contribution < 1.29 is 9.59 Å². The molecule has 0 aromatic heterocycles. The van der Waals surface area contributed by atoms with Crippen LogP contribution in [-0.4, -0.2) is 12.6 Å². The summed E-state index contributed by atoms with van der Waals surface area (Å²) in [7, 11) is 0. The second-order valence-corrected chi connectivity index (χ2v) is 5.53. The first-order valence-electron chi connectivity index (χ1n) is 5.15. The maximum Gasteiger partial charge on any atom is 0.150 e. The second-order valence-electron chi connectivity index (χ2n) is 3.70. The zero-order valence-corrected chi connectivity index (χ0v) is 12.4. The number of aldehydes is 2. The molecule has 0 saturated heterocycles. The highest BCUT2D eigenvalue weighted by Gasteiger charge is 2.10. The fraction of sp³-hybridized carbons (Fsp3) is 0. The highest BCUT2D eigenvalue weighted by Crippen LogP contribution is 2.29. The van der Waals surface area contributed by atoms with Crippen molar-refractivity contribution in [1.82, 2.24) is 0 Å². The van der Waals surface area contributed by atoms with Crippen molar-refractivity contribution in [3.8, 4) is 11.1 Å². The predicted molar refractivity (Wildman–Crippen MR) is 78.1 cm³/mol. The summed E-state index contributed by atoms with van der Waals surface area (Å²) in [5, 5.41) is 0. The lowest BCUT2D eigenvalue weighted by molar-refractivity contribution is 0.111. The molecule has 0 amide bonds. The van der Waals surface area contributed by atoms with Crippen molar-refractivity contribution in [2.24, 2.45) is 0 Å². The van der Waals surface area contributed by atoms with Gasteiger partial charge >= 0.3 is 0 Å². The summed E-state index contributed by atoms with van der Waals surface area (Å²) >= 11 is 6.64. The number of benzene rings is 2. The van der Waals surface area contributed by atoms with E-state index >= 15 is 0 Å². The minimum atomic E-state index is 0.551. The third-order valence-corrected chi connectivity index (χ3v) is 3.56. The number of carbonyl (C=O) groups is 2. The number of hydrogen-bond donors (Lipinski definition) is 0. The molecular weight excluding hydrogens is 360 g/mol. The molecular formula is C14H8Br2O2. The van der Waals surface area contributed by atoms with Crippen LogP contribution in [0.25, 0.3) is 11.1 Å². The molecule has 2 rings (SSSR count). The quantitative estimate of drug-likeness (QED) is 0.748. The first kappa shape index (κ1) is 13.2. The number of hydrogen-bond acceptors (Lipinski definition) is 2. The van der Waals surface area contributed by atoms with Gasteiger partial charge in [0.25, 0.3) is 0 Å². The van der Waals surface area contributed by atoms with Crippen LogP contribution in [0.5, 0.6) is 0 Å². The molecule has 0 aliphatic heterocycles. The molecule has 0 saturated carbocycles. The van der Waals surface area contributed by atoms with Crippen molar-refractivity contribution >= 4 is 44.4 Å². The van der Waals surface area contributed by atoms with Crippen LogP contribution < -0.4 is 0 Å². The highest BCUT2D eigenvalue weighted by molar-refractivity contribution is 9.10. The summed E-state index contributed by atoms with van der Waals surface area (Å²) in [6, 6.07) is 10.8. The highest BCUT2D eigenvalue weighted by atomic mass is 79.9. The Labute approximate surface area is 121 Å². The van der Waals surface area contributed by atoms with E-state index in [0.29, 0.717) is 11.1 Å². The summed E-state index contributed by atoms with van der Waals surface area (Å²) in [6.45, 7) is 0. The molecule has 2 nitrogen and oxygen atoms in total.